The second-order valence-corrected chi connectivity index (χ2v) is 3.49. The van der Waals surface area contributed by atoms with Crippen LogP contribution in [0.15, 0.2) is 29.4 Å². The number of hydrogen-bond acceptors (Lipinski definition) is 2. The van der Waals surface area contributed by atoms with Gasteiger partial charge in [0, 0.05) is 17.1 Å². The second kappa shape index (κ2) is 5.97. The predicted molar refractivity (Wildman–Crippen MR) is 63.5 cm³/mol. The van der Waals surface area contributed by atoms with Gasteiger partial charge in [-0.15, -0.1) is 0 Å². The Morgan fingerprint density at radius 1 is 1.39 bits per heavy atom. The largest absolute Gasteiger partial charge is 0.418 e. The highest BCUT2D eigenvalue weighted by atomic mass is 19.4. The minimum atomic E-state index is -4.44. The molecule has 0 saturated carbocycles. The van der Waals surface area contributed by atoms with Crippen molar-refractivity contribution in [2.24, 2.45) is 5.11 Å². The van der Waals surface area contributed by atoms with Gasteiger partial charge in [0.25, 0.3) is 0 Å². The lowest BCUT2D eigenvalue weighted by atomic mass is 10.1. The molecule has 0 amide bonds. The van der Waals surface area contributed by atoms with Gasteiger partial charge in [0.2, 0.25) is 0 Å². The number of rotatable bonds is 4. The molecular weight excluding hydrogens is 245 g/mol. The minimum Gasteiger partial charge on any atom is -0.398 e. The third kappa shape index (κ3) is 4.03. The molecule has 0 fully saturated rings. The predicted octanol–water partition coefficient (Wildman–Crippen LogP) is 4.00. The first-order chi connectivity index (χ1) is 8.45. The van der Waals surface area contributed by atoms with Crippen molar-refractivity contribution in [2.75, 3.05) is 12.3 Å². The molecule has 1 rings (SSSR count). The van der Waals surface area contributed by atoms with Crippen molar-refractivity contribution in [3.8, 4) is 0 Å². The summed E-state index contributed by atoms with van der Waals surface area (Å²) in [4.78, 5) is 2.58. The van der Waals surface area contributed by atoms with E-state index in [0.29, 0.717) is 18.5 Å². The maximum absolute atomic E-state index is 12.4. The summed E-state index contributed by atoms with van der Waals surface area (Å²) in [5, 5.41) is 3.32. The molecule has 0 atom stereocenters. The molecular formula is C11H11F3N4. The van der Waals surface area contributed by atoms with Crippen molar-refractivity contribution in [3.05, 3.63) is 45.8 Å². The molecule has 0 spiro atoms. The number of anilines is 1. The van der Waals surface area contributed by atoms with Crippen LogP contribution in [0.2, 0.25) is 0 Å². The van der Waals surface area contributed by atoms with Crippen LogP contribution in [-0.2, 0) is 6.18 Å². The van der Waals surface area contributed by atoms with Crippen LogP contribution in [0.3, 0.4) is 0 Å². The van der Waals surface area contributed by atoms with Crippen molar-refractivity contribution >= 4 is 11.8 Å². The Bertz CT molecular complexity index is 488. The Morgan fingerprint density at radius 2 is 2.11 bits per heavy atom. The van der Waals surface area contributed by atoms with E-state index >= 15 is 0 Å². The fraction of sp³-hybridized carbons (Fsp3) is 0.273. The van der Waals surface area contributed by atoms with Gasteiger partial charge in [0.15, 0.2) is 0 Å². The van der Waals surface area contributed by atoms with Crippen LogP contribution in [0, 0.1) is 0 Å². The summed E-state index contributed by atoms with van der Waals surface area (Å²) in [5.41, 5.74) is 12.8. The van der Waals surface area contributed by atoms with Gasteiger partial charge in [-0.3, -0.25) is 0 Å². The standard InChI is InChI=1S/C11H11F3N4/c12-11(13,14)9-5-4-8(7-10(9)15)3-1-2-6-17-18-16/h1,3-5,7H,2,6,15H2. The van der Waals surface area contributed by atoms with E-state index in [0.717, 1.165) is 6.07 Å². The van der Waals surface area contributed by atoms with E-state index in [2.05, 4.69) is 10.0 Å². The fourth-order valence-corrected chi connectivity index (χ4v) is 1.34. The first-order valence-electron chi connectivity index (χ1n) is 5.09. The Morgan fingerprint density at radius 3 is 2.67 bits per heavy atom. The zero-order valence-corrected chi connectivity index (χ0v) is 9.35. The maximum atomic E-state index is 12.4. The van der Waals surface area contributed by atoms with Crippen molar-refractivity contribution in [2.45, 2.75) is 12.6 Å². The summed E-state index contributed by atoms with van der Waals surface area (Å²) >= 11 is 0. The summed E-state index contributed by atoms with van der Waals surface area (Å²) in [6.45, 7) is 0.309. The molecule has 96 valence electrons. The number of hydrogen-bond donors (Lipinski definition) is 1. The molecule has 0 unspecified atom stereocenters. The molecule has 0 radical (unpaired) electrons. The van der Waals surface area contributed by atoms with Crippen LogP contribution in [-0.4, -0.2) is 6.54 Å². The molecule has 0 aliphatic heterocycles. The first kappa shape index (κ1) is 13.9. The molecule has 0 aliphatic carbocycles. The highest BCUT2D eigenvalue weighted by Crippen LogP contribution is 2.33. The molecule has 0 bridgehead atoms. The maximum Gasteiger partial charge on any atom is 0.418 e. The van der Waals surface area contributed by atoms with Gasteiger partial charge in [0.1, 0.15) is 0 Å². The smallest absolute Gasteiger partial charge is 0.398 e. The zero-order valence-electron chi connectivity index (χ0n) is 9.35. The van der Waals surface area contributed by atoms with Crippen LogP contribution in [0.25, 0.3) is 16.5 Å². The number of benzene rings is 1. The lowest BCUT2D eigenvalue weighted by Crippen LogP contribution is -2.08. The lowest BCUT2D eigenvalue weighted by Gasteiger charge is -2.09. The van der Waals surface area contributed by atoms with E-state index in [1.165, 1.54) is 12.1 Å². The Balaban J connectivity index is 2.76. The van der Waals surface area contributed by atoms with E-state index < -0.39 is 11.7 Å². The third-order valence-electron chi connectivity index (χ3n) is 2.15. The molecule has 0 aliphatic rings. The van der Waals surface area contributed by atoms with Crippen LogP contribution in [0.4, 0.5) is 18.9 Å². The summed E-state index contributed by atoms with van der Waals surface area (Å²) in [7, 11) is 0. The fourth-order valence-electron chi connectivity index (χ4n) is 1.34. The Hall–Kier alpha value is -2.14. The molecule has 1 aromatic rings. The topological polar surface area (TPSA) is 74.8 Å². The summed E-state index contributed by atoms with van der Waals surface area (Å²) in [5.74, 6) is 0. The van der Waals surface area contributed by atoms with Gasteiger partial charge in [0.05, 0.1) is 5.56 Å². The second-order valence-electron chi connectivity index (χ2n) is 3.49. The van der Waals surface area contributed by atoms with Crippen molar-refractivity contribution < 1.29 is 13.2 Å². The van der Waals surface area contributed by atoms with E-state index in [1.807, 2.05) is 0 Å². The SMILES string of the molecule is [N-]=[N+]=NCCC=Cc1ccc(C(F)(F)F)c(N)c1. The highest BCUT2D eigenvalue weighted by Gasteiger charge is 2.32. The summed E-state index contributed by atoms with van der Waals surface area (Å²) in [6, 6.07) is 3.54. The lowest BCUT2D eigenvalue weighted by molar-refractivity contribution is -0.136. The normalized spacial score (nSPS) is 11.5. The third-order valence-corrected chi connectivity index (χ3v) is 2.15. The number of nitrogens with two attached hydrogens (primary N) is 1. The van der Waals surface area contributed by atoms with E-state index in [-0.39, 0.29) is 5.69 Å². The summed E-state index contributed by atoms with van der Waals surface area (Å²) < 4.78 is 37.3. The van der Waals surface area contributed by atoms with Gasteiger partial charge < -0.3 is 5.73 Å². The van der Waals surface area contributed by atoms with E-state index in [1.54, 1.807) is 12.2 Å². The van der Waals surface area contributed by atoms with E-state index in [4.69, 9.17) is 11.3 Å². The zero-order chi connectivity index (χ0) is 13.6. The van der Waals surface area contributed by atoms with E-state index in [9.17, 15) is 13.2 Å². The van der Waals surface area contributed by atoms with Crippen molar-refractivity contribution in [3.63, 3.8) is 0 Å². The first-order valence-corrected chi connectivity index (χ1v) is 5.09. The molecule has 4 nitrogen and oxygen atoms in total. The number of halogens is 3. The number of azide groups is 1. The van der Waals surface area contributed by atoms with Crippen molar-refractivity contribution in [1.82, 2.24) is 0 Å². The average molecular weight is 256 g/mol. The van der Waals surface area contributed by atoms with Gasteiger partial charge in [-0.2, -0.15) is 13.2 Å². The highest BCUT2D eigenvalue weighted by molar-refractivity contribution is 5.59. The van der Waals surface area contributed by atoms with Gasteiger partial charge in [-0.05, 0) is 29.6 Å². The van der Waals surface area contributed by atoms with Crippen LogP contribution in [0.1, 0.15) is 17.5 Å². The van der Waals surface area contributed by atoms with Gasteiger partial charge >= 0.3 is 6.18 Å². The number of nitrogens with zero attached hydrogens (tertiary/aromatic N) is 3. The molecule has 0 saturated heterocycles. The molecule has 0 aromatic heterocycles. The quantitative estimate of drug-likeness (QED) is 0.285. The number of alkyl halides is 3. The van der Waals surface area contributed by atoms with Crippen molar-refractivity contribution in [1.29, 1.82) is 0 Å². The van der Waals surface area contributed by atoms with Crippen LogP contribution in [0.5, 0.6) is 0 Å². The molecule has 18 heavy (non-hydrogen) atoms. The molecule has 0 heterocycles. The van der Waals surface area contributed by atoms with Gasteiger partial charge in [-0.1, -0.05) is 23.3 Å². The summed E-state index contributed by atoms with van der Waals surface area (Å²) in [6.07, 6.45) is -0.584. The molecule has 7 heteroatoms. The van der Waals surface area contributed by atoms with Gasteiger partial charge in [-0.25, -0.2) is 0 Å². The number of nitrogen functional groups attached to an aromatic ring is 1. The molecule has 1 aromatic carbocycles. The Kier molecular flexibility index (Phi) is 4.62. The average Bonchev–Trinajstić information content (AvgIpc) is 2.27. The Labute approximate surface area is 102 Å². The monoisotopic (exact) mass is 256 g/mol. The minimum absolute atomic E-state index is 0.306. The van der Waals surface area contributed by atoms with Crippen LogP contribution >= 0.6 is 0 Å². The van der Waals surface area contributed by atoms with Crippen LogP contribution < -0.4 is 5.73 Å². The molecule has 2 N–H and O–H groups in total.